The van der Waals surface area contributed by atoms with Crippen molar-refractivity contribution in [2.24, 2.45) is 5.92 Å². The molecule has 6 nitrogen and oxygen atoms in total. The summed E-state index contributed by atoms with van der Waals surface area (Å²) in [6.45, 7) is 6.77. The average molecular weight is 420 g/mol. The SMILES string of the molecule is CCCOc1ccc(C2=C(N3CCC(C)CC3)C(=O)N(Cc3ccncc3)C2=O)cc1. The largest absolute Gasteiger partial charge is 0.494 e. The van der Waals surface area contributed by atoms with E-state index in [9.17, 15) is 9.59 Å². The monoisotopic (exact) mass is 419 g/mol. The van der Waals surface area contributed by atoms with Gasteiger partial charge in [-0.2, -0.15) is 0 Å². The van der Waals surface area contributed by atoms with Gasteiger partial charge in [0.25, 0.3) is 11.8 Å². The summed E-state index contributed by atoms with van der Waals surface area (Å²) in [5, 5.41) is 0. The van der Waals surface area contributed by atoms with Gasteiger partial charge in [-0.15, -0.1) is 0 Å². The third kappa shape index (κ3) is 4.48. The van der Waals surface area contributed by atoms with E-state index >= 15 is 0 Å². The van der Waals surface area contributed by atoms with Gasteiger partial charge in [0.2, 0.25) is 0 Å². The highest BCUT2D eigenvalue weighted by atomic mass is 16.5. The molecule has 3 heterocycles. The maximum absolute atomic E-state index is 13.5. The first-order valence-electron chi connectivity index (χ1n) is 11.1. The molecule has 0 atom stereocenters. The molecule has 1 fully saturated rings. The second kappa shape index (κ2) is 9.33. The van der Waals surface area contributed by atoms with Gasteiger partial charge in [-0.25, -0.2) is 0 Å². The summed E-state index contributed by atoms with van der Waals surface area (Å²) in [5.41, 5.74) is 2.67. The van der Waals surface area contributed by atoms with Crippen molar-refractivity contribution in [1.29, 1.82) is 0 Å². The number of ether oxygens (including phenoxy) is 1. The predicted molar refractivity (Wildman–Crippen MR) is 119 cm³/mol. The standard InChI is InChI=1S/C25H29N3O3/c1-3-16-31-21-6-4-20(5-7-21)22-23(27-14-10-18(2)11-15-27)25(30)28(24(22)29)17-19-8-12-26-13-9-19/h4-9,12-13,18H,3,10-11,14-17H2,1-2H3. The van der Waals surface area contributed by atoms with Crippen molar-refractivity contribution in [1.82, 2.24) is 14.8 Å². The molecule has 31 heavy (non-hydrogen) atoms. The molecule has 0 saturated carbocycles. The lowest BCUT2D eigenvalue weighted by Gasteiger charge is -2.32. The highest BCUT2D eigenvalue weighted by Crippen LogP contribution is 2.35. The fourth-order valence-electron chi connectivity index (χ4n) is 4.10. The molecular formula is C25H29N3O3. The normalized spacial score (nSPS) is 17.6. The van der Waals surface area contributed by atoms with Crippen LogP contribution >= 0.6 is 0 Å². The van der Waals surface area contributed by atoms with E-state index in [4.69, 9.17) is 4.74 Å². The van der Waals surface area contributed by atoms with E-state index in [0.717, 1.165) is 49.2 Å². The molecule has 2 aliphatic heterocycles. The van der Waals surface area contributed by atoms with Crippen molar-refractivity contribution < 1.29 is 14.3 Å². The number of hydrogen-bond acceptors (Lipinski definition) is 5. The molecule has 2 aliphatic rings. The zero-order valence-corrected chi connectivity index (χ0v) is 18.2. The van der Waals surface area contributed by atoms with Crippen molar-refractivity contribution >= 4 is 17.4 Å². The number of piperidine rings is 1. The minimum Gasteiger partial charge on any atom is -0.494 e. The minimum absolute atomic E-state index is 0.210. The maximum Gasteiger partial charge on any atom is 0.278 e. The highest BCUT2D eigenvalue weighted by molar-refractivity contribution is 6.35. The average Bonchev–Trinajstić information content (AvgIpc) is 3.04. The van der Waals surface area contributed by atoms with Crippen molar-refractivity contribution in [2.75, 3.05) is 19.7 Å². The Balaban J connectivity index is 1.67. The Morgan fingerprint density at radius 1 is 1.00 bits per heavy atom. The number of carbonyl (C=O) groups is 2. The van der Waals surface area contributed by atoms with Crippen LogP contribution in [0.3, 0.4) is 0 Å². The van der Waals surface area contributed by atoms with Crippen LogP contribution in [0.1, 0.15) is 44.2 Å². The van der Waals surface area contributed by atoms with Crippen molar-refractivity contribution in [3.8, 4) is 5.75 Å². The van der Waals surface area contributed by atoms with Crippen LogP contribution < -0.4 is 4.74 Å². The van der Waals surface area contributed by atoms with E-state index < -0.39 is 0 Å². The van der Waals surface area contributed by atoms with Crippen molar-refractivity contribution in [2.45, 2.75) is 39.7 Å². The Morgan fingerprint density at radius 2 is 1.68 bits per heavy atom. The van der Waals surface area contributed by atoms with Crippen LogP contribution in [-0.2, 0) is 16.1 Å². The second-order valence-electron chi connectivity index (χ2n) is 8.32. The minimum atomic E-state index is -0.238. The first kappa shape index (κ1) is 21.1. The lowest BCUT2D eigenvalue weighted by atomic mass is 9.97. The van der Waals surface area contributed by atoms with Crippen LogP contribution in [0.5, 0.6) is 5.75 Å². The Hall–Kier alpha value is -3.15. The summed E-state index contributed by atoms with van der Waals surface area (Å²) >= 11 is 0. The topological polar surface area (TPSA) is 62.7 Å². The Kier molecular flexibility index (Phi) is 6.35. The van der Waals surface area contributed by atoms with E-state index in [0.29, 0.717) is 23.8 Å². The summed E-state index contributed by atoms with van der Waals surface area (Å²) in [4.78, 5) is 34.4. The molecule has 0 bridgehead atoms. The Bertz CT molecular complexity index is 961. The molecule has 0 aliphatic carbocycles. The maximum atomic E-state index is 13.5. The number of aromatic nitrogens is 1. The summed E-state index contributed by atoms with van der Waals surface area (Å²) in [6, 6.07) is 11.2. The molecule has 0 radical (unpaired) electrons. The van der Waals surface area contributed by atoms with Crippen LogP contribution in [0, 0.1) is 5.92 Å². The number of pyridine rings is 1. The first-order chi connectivity index (χ1) is 15.1. The molecule has 2 aromatic rings. The van der Waals surface area contributed by atoms with Crippen LogP contribution in [0.4, 0.5) is 0 Å². The van der Waals surface area contributed by atoms with E-state index in [-0.39, 0.29) is 18.4 Å². The zero-order valence-electron chi connectivity index (χ0n) is 18.2. The predicted octanol–water partition coefficient (Wildman–Crippen LogP) is 3.88. The van der Waals surface area contributed by atoms with Gasteiger partial charge >= 0.3 is 0 Å². The summed E-state index contributed by atoms with van der Waals surface area (Å²) in [7, 11) is 0. The van der Waals surface area contributed by atoms with Gasteiger partial charge in [0.15, 0.2) is 0 Å². The number of rotatable bonds is 7. The Morgan fingerprint density at radius 3 is 2.32 bits per heavy atom. The number of benzene rings is 1. The number of imide groups is 1. The molecule has 1 aromatic heterocycles. The van der Waals surface area contributed by atoms with Gasteiger partial charge in [0, 0.05) is 25.5 Å². The summed E-state index contributed by atoms with van der Waals surface area (Å²) in [5.74, 6) is 0.954. The molecule has 0 N–H and O–H groups in total. The molecule has 0 unspecified atom stereocenters. The fraction of sp³-hybridized carbons (Fsp3) is 0.400. The zero-order chi connectivity index (χ0) is 21.8. The molecule has 4 rings (SSSR count). The van der Waals surface area contributed by atoms with Crippen LogP contribution in [0.2, 0.25) is 0 Å². The van der Waals surface area contributed by atoms with Gasteiger partial charge in [0.1, 0.15) is 11.4 Å². The van der Waals surface area contributed by atoms with E-state index in [1.54, 1.807) is 12.4 Å². The van der Waals surface area contributed by atoms with Crippen LogP contribution in [-0.4, -0.2) is 46.3 Å². The molecule has 0 spiro atoms. The smallest absolute Gasteiger partial charge is 0.278 e. The molecule has 162 valence electrons. The summed E-state index contributed by atoms with van der Waals surface area (Å²) in [6.07, 6.45) is 6.33. The van der Waals surface area contributed by atoms with Gasteiger partial charge < -0.3 is 9.64 Å². The lowest BCUT2D eigenvalue weighted by molar-refractivity contribution is -0.138. The number of hydrogen-bond donors (Lipinski definition) is 0. The molecule has 1 saturated heterocycles. The van der Waals surface area contributed by atoms with E-state index in [1.165, 1.54) is 4.90 Å². The molecule has 2 amide bonds. The first-order valence-corrected chi connectivity index (χ1v) is 11.1. The van der Waals surface area contributed by atoms with Crippen molar-refractivity contribution in [3.63, 3.8) is 0 Å². The molecular weight excluding hydrogens is 390 g/mol. The third-order valence-corrected chi connectivity index (χ3v) is 5.95. The molecule has 1 aromatic carbocycles. The quantitative estimate of drug-likeness (QED) is 0.638. The number of carbonyl (C=O) groups excluding carboxylic acids is 2. The van der Waals surface area contributed by atoms with E-state index in [2.05, 4.69) is 23.7 Å². The Labute approximate surface area is 183 Å². The lowest BCUT2D eigenvalue weighted by Crippen LogP contribution is -2.38. The molecule has 6 heteroatoms. The fourth-order valence-corrected chi connectivity index (χ4v) is 4.10. The van der Waals surface area contributed by atoms with E-state index in [1.807, 2.05) is 36.4 Å². The van der Waals surface area contributed by atoms with Gasteiger partial charge in [-0.1, -0.05) is 26.0 Å². The number of likely N-dealkylation sites (tertiary alicyclic amines) is 1. The van der Waals surface area contributed by atoms with Crippen LogP contribution in [0.25, 0.3) is 5.57 Å². The third-order valence-electron chi connectivity index (χ3n) is 5.95. The number of nitrogens with zero attached hydrogens (tertiary/aromatic N) is 3. The number of amides is 2. The van der Waals surface area contributed by atoms with Gasteiger partial charge in [-0.3, -0.25) is 19.5 Å². The van der Waals surface area contributed by atoms with Crippen LogP contribution in [0.15, 0.2) is 54.5 Å². The van der Waals surface area contributed by atoms with Crippen molar-refractivity contribution in [3.05, 3.63) is 65.6 Å². The summed E-state index contributed by atoms with van der Waals surface area (Å²) < 4.78 is 5.68. The van der Waals surface area contributed by atoms with Gasteiger partial charge in [-0.05, 0) is 60.6 Å². The highest BCUT2D eigenvalue weighted by Gasteiger charge is 2.42. The van der Waals surface area contributed by atoms with Gasteiger partial charge in [0.05, 0.1) is 18.7 Å². The second-order valence-corrected chi connectivity index (χ2v) is 8.32.